The molecule has 2 rings (SSSR count). The molecule has 0 spiro atoms. The molecule has 0 aliphatic heterocycles. The predicted octanol–water partition coefficient (Wildman–Crippen LogP) is 3.36. The molecule has 3 N–H and O–H groups in total. The quantitative estimate of drug-likeness (QED) is 0.791. The Kier molecular flexibility index (Phi) is 4.42. The van der Waals surface area contributed by atoms with E-state index in [1.165, 1.54) is 24.3 Å². The van der Waals surface area contributed by atoms with Crippen LogP contribution in [0.4, 0.5) is 11.4 Å². The number of hydrogen-bond acceptors (Lipinski definition) is 4. The van der Waals surface area contributed by atoms with Crippen LogP contribution in [0.2, 0.25) is 5.02 Å². The summed E-state index contributed by atoms with van der Waals surface area (Å²) in [6.45, 7) is 0. The lowest BCUT2D eigenvalue weighted by Gasteiger charge is -2.11. The van der Waals surface area contributed by atoms with Crippen LogP contribution in [0.25, 0.3) is 0 Å². The van der Waals surface area contributed by atoms with Gasteiger partial charge in [-0.05, 0) is 36.4 Å². The molecule has 0 aliphatic carbocycles. The SMILES string of the molecule is N#Cc1cc(N)ccc1S(=O)(=O)Nc1cc(Br)ccc1Cl. The van der Waals surface area contributed by atoms with Crippen LogP contribution in [0.1, 0.15) is 5.56 Å². The molecule has 5 nitrogen and oxygen atoms in total. The number of nitrogens with two attached hydrogens (primary N) is 1. The molecule has 0 unspecified atom stereocenters. The smallest absolute Gasteiger partial charge is 0.263 e. The molecule has 0 amide bonds. The summed E-state index contributed by atoms with van der Waals surface area (Å²) in [4.78, 5) is -0.157. The average molecular weight is 387 g/mol. The van der Waals surface area contributed by atoms with Crippen molar-refractivity contribution in [3.8, 4) is 6.07 Å². The third-order valence-electron chi connectivity index (χ3n) is 2.59. The van der Waals surface area contributed by atoms with E-state index >= 15 is 0 Å². The highest BCUT2D eigenvalue weighted by molar-refractivity contribution is 9.10. The van der Waals surface area contributed by atoms with Crippen LogP contribution < -0.4 is 10.5 Å². The van der Waals surface area contributed by atoms with Gasteiger partial charge in [0.05, 0.1) is 16.3 Å². The Balaban J connectivity index is 2.49. The van der Waals surface area contributed by atoms with E-state index in [2.05, 4.69) is 20.7 Å². The summed E-state index contributed by atoms with van der Waals surface area (Å²) in [7, 11) is -3.95. The van der Waals surface area contributed by atoms with Crippen molar-refractivity contribution in [1.29, 1.82) is 5.26 Å². The minimum absolute atomic E-state index is 0.0337. The molecule has 0 saturated heterocycles. The molecule has 21 heavy (non-hydrogen) atoms. The van der Waals surface area contributed by atoms with Gasteiger partial charge in [-0.1, -0.05) is 27.5 Å². The second kappa shape index (κ2) is 5.93. The molecule has 0 atom stereocenters. The van der Waals surface area contributed by atoms with Crippen LogP contribution in [0.15, 0.2) is 45.8 Å². The number of nitrogen functional groups attached to an aromatic ring is 1. The van der Waals surface area contributed by atoms with Crippen LogP contribution in [-0.4, -0.2) is 8.42 Å². The topological polar surface area (TPSA) is 96.0 Å². The Hall–Kier alpha value is -1.75. The second-order valence-electron chi connectivity index (χ2n) is 4.10. The summed E-state index contributed by atoms with van der Waals surface area (Å²) in [6.07, 6.45) is 0. The van der Waals surface area contributed by atoms with E-state index in [0.29, 0.717) is 10.2 Å². The summed E-state index contributed by atoms with van der Waals surface area (Å²) >= 11 is 9.19. The standard InChI is InChI=1S/C13H9BrClN3O2S/c14-9-1-3-11(15)12(6-9)18-21(19,20)13-4-2-10(17)5-8(13)7-16/h1-6,18H,17H2. The summed E-state index contributed by atoms with van der Waals surface area (Å²) in [5.41, 5.74) is 6.04. The van der Waals surface area contributed by atoms with Crippen molar-refractivity contribution in [2.75, 3.05) is 10.5 Å². The molecular formula is C13H9BrClN3O2S. The maximum atomic E-state index is 12.4. The highest BCUT2D eigenvalue weighted by Crippen LogP contribution is 2.29. The maximum absolute atomic E-state index is 12.4. The Morgan fingerprint density at radius 1 is 1.24 bits per heavy atom. The van der Waals surface area contributed by atoms with Gasteiger partial charge in [-0.15, -0.1) is 0 Å². The average Bonchev–Trinajstić information content (AvgIpc) is 2.42. The normalized spacial score (nSPS) is 10.9. The summed E-state index contributed by atoms with van der Waals surface area (Å²) in [5, 5.41) is 9.29. The molecular weight excluding hydrogens is 378 g/mol. The largest absolute Gasteiger partial charge is 0.399 e. The number of hydrogen-bond donors (Lipinski definition) is 2. The highest BCUT2D eigenvalue weighted by atomic mass is 79.9. The van der Waals surface area contributed by atoms with Crippen LogP contribution >= 0.6 is 27.5 Å². The van der Waals surface area contributed by atoms with Gasteiger partial charge < -0.3 is 5.73 Å². The maximum Gasteiger partial charge on any atom is 0.263 e. The lowest BCUT2D eigenvalue weighted by molar-refractivity contribution is 0.601. The van der Waals surface area contributed by atoms with Crippen LogP contribution in [-0.2, 0) is 10.0 Å². The molecule has 2 aromatic carbocycles. The van der Waals surface area contributed by atoms with E-state index in [9.17, 15) is 8.42 Å². The third kappa shape index (κ3) is 3.47. The van der Waals surface area contributed by atoms with Gasteiger partial charge in [0.2, 0.25) is 0 Å². The van der Waals surface area contributed by atoms with Crippen LogP contribution in [0.5, 0.6) is 0 Å². The molecule has 0 aromatic heterocycles. The molecule has 0 saturated carbocycles. The predicted molar refractivity (Wildman–Crippen MR) is 85.5 cm³/mol. The Bertz CT molecular complexity index is 847. The number of nitriles is 1. The number of nitrogens with one attached hydrogen (secondary N) is 1. The van der Waals surface area contributed by atoms with Gasteiger partial charge in [-0.2, -0.15) is 5.26 Å². The zero-order valence-corrected chi connectivity index (χ0v) is 13.6. The molecule has 2 aromatic rings. The van der Waals surface area contributed by atoms with Gasteiger partial charge >= 0.3 is 0 Å². The monoisotopic (exact) mass is 385 g/mol. The van der Waals surface area contributed by atoms with Crippen molar-refractivity contribution < 1.29 is 8.42 Å². The van der Waals surface area contributed by atoms with Crippen molar-refractivity contribution in [2.45, 2.75) is 4.90 Å². The van der Waals surface area contributed by atoms with E-state index in [4.69, 9.17) is 22.6 Å². The summed E-state index contributed by atoms with van der Waals surface area (Å²) in [6, 6.07) is 10.6. The summed E-state index contributed by atoms with van der Waals surface area (Å²) < 4.78 is 27.8. The molecule has 0 aliphatic rings. The highest BCUT2D eigenvalue weighted by Gasteiger charge is 2.20. The zero-order valence-electron chi connectivity index (χ0n) is 10.5. The number of halogens is 2. The van der Waals surface area contributed by atoms with Crippen LogP contribution in [0.3, 0.4) is 0 Å². The summed E-state index contributed by atoms with van der Waals surface area (Å²) in [5.74, 6) is 0. The first kappa shape index (κ1) is 15.6. The van der Waals surface area contributed by atoms with E-state index in [-0.39, 0.29) is 21.2 Å². The lowest BCUT2D eigenvalue weighted by atomic mass is 10.2. The minimum Gasteiger partial charge on any atom is -0.399 e. The van der Waals surface area contributed by atoms with Crippen molar-refractivity contribution in [1.82, 2.24) is 0 Å². The number of sulfonamides is 1. The number of benzene rings is 2. The number of rotatable bonds is 3. The third-order valence-corrected chi connectivity index (χ3v) is 4.83. The van der Waals surface area contributed by atoms with Crippen molar-refractivity contribution >= 4 is 48.9 Å². The van der Waals surface area contributed by atoms with E-state index < -0.39 is 10.0 Å². The molecule has 0 bridgehead atoms. The fraction of sp³-hybridized carbons (Fsp3) is 0. The molecule has 0 radical (unpaired) electrons. The minimum atomic E-state index is -3.95. The molecule has 0 heterocycles. The van der Waals surface area contributed by atoms with Gasteiger partial charge in [0.1, 0.15) is 11.0 Å². The Morgan fingerprint density at radius 3 is 2.62 bits per heavy atom. The van der Waals surface area contributed by atoms with Gasteiger partial charge in [-0.3, -0.25) is 4.72 Å². The first-order valence-electron chi connectivity index (χ1n) is 5.61. The molecule has 0 fully saturated rings. The first-order chi connectivity index (χ1) is 9.83. The Labute approximate surface area is 135 Å². The van der Waals surface area contributed by atoms with Gasteiger partial charge in [0.25, 0.3) is 10.0 Å². The van der Waals surface area contributed by atoms with E-state index in [1.54, 1.807) is 12.1 Å². The lowest BCUT2D eigenvalue weighted by Crippen LogP contribution is -2.15. The number of nitrogens with zero attached hydrogens (tertiary/aromatic N) is 1. The number of anilines is 2. The van der Waals surface area contributed by atoms with Crippen molar-refractivity contribution in [3.63, 3.8) is 0 Å². The van der Waals surface area contributed by atoms with E-state index in [1.807, 2.05) is 6.07 Å². The fourth-order valence-electron chi connectivity index (χ4n) is 1.64. The zero-order chi connectivity index (χ0) is 15.6. The van der Waals surface area contributed by atoms with E-state index in [0.717, 1.165) is 0 Å². The van der Waals surface area contributed by atoms with Gasteiger partial charge in [-0.25, -0.2) is 8.42 Å². The van der Waals surface area contributed by atoms with Crippen molar-refractivity contribution in [2.24, 2.45) is 0 Å². The molecule has 108 valence electrons. The van der Waals surface area contributed by atoms with Gasteiger partial charge in [0.15, 0.2) is 0 Å². The van der Waals surface area contributed by atoms with Gasteiger partial charge in [0, 0.05) is 10.2 Å². The Morgan fingerprint density at radius 2 is 1.95 bits per heavy atom. The first-order valence-corrected chi connectivity index (χ1v) is 8.26. The van der Waals surface area contributed by atoms with Crippen LogP contribution in [0, 0.1) is 11.3 Å². The molecule has 8 heteroatoms. The second-order valence-corrected chi connectivity index (χ2v) is 7.07. The fourth-order valence-corrected chi connectivity index (χ4v) is 3.44. The van der Waals surface area contributed by atoms with Crippen molar-refractivity contribution in [3.05, 3.63) is 51.5 Å².